The summed E-state index contributed by atoms with van der Waals surface area (Å²) in [6.45, 7) is 8.41. The molecule has 2 heteroatoms. The zero-order chi connectivity index (χ0) is 28.7. The van der Waals surface area contributed by atoms with E-state index in [9.17, 15) is 4.79 Å². The van der Waals surface area contributed by atoms with Crippen LogP contribution in [-0.4, -0.2) is 11.4 Å². The topological polar surface area (TPSA) is 20.3 Å². The first-order valence-corrected chi connectivity index (χ1v) is 14.5. The van der Waals surface area contributed by atoms with Crippen molar-refractivity contribution in [2.75, 3.05) is 4.90 Å². The fourth-order valence-corrected chi connectivity index (χ4v) is 7.50. The molecule has 41 heavy (non-hydrogen) atoms. The molecule has 0 radical (unpaired) electrons. The minimum Gasteiger partial charge on any atom is -0.307 e. The minimum atomic E-state index is -0.551. The Kier molecular flexibility index (Phi) is 6.66. The quantitative estimate of drug-likeness (QED) is 0.206. The molecule has 5 aromatic rings. The molecule has 2 nitrogen and oxygen atoms in total. The molecule has 0 bridgehead atoms. The summed E-state index contributed by atoms with van der Waals surface area (Å²) in [6, 6.07) is 50.0. The van der Waals surface area contributed by atoms with Crippen LogP contribution in [0.5, 0.6) is 0 Å². The van der Waals surface area contributed by atoms with E-state index in [4.69, 9.17) is 0 Å². The number of amides is 1. The molecule has 6 rings (SSSR count). The van der Waals surface area contributed by atoms with Crippen LogP contribution in [0.3, 0.4) is 0 Å². The van der Waals surface area contributed by atoms with Crippen molar-refractivity contribution in [2.24, 2.45) is 0 Å². The maximum atomic E-state index is 13.2. The van der Waals surface area contributed by atoms with Crippen molar-refractivity contribution in [3.63, 3.8) is 0 Å². The molecule has 1 amide bonds. The number of hydrogen-bond donors (Lipinski definition) is 0. The summed E-state index contributed by atoms with van der Waals surface area (Å²) in [4.78, 5) is 15.2. The molecular weight excluding hydrogens is 498 g/mol. The Morgan fingerprint density at radius 1 is 0.610 bits per heavy atom. The fraction of sp³-hybridized carbons (Fsp3) is 0.205. The Labute approximate surface area is 244 Å². The zero-order valence-electron chi connectivity index (χ0n) is 24.3. The van der Waals surface area contributed by atoms with Crippen molar-refractivity contribution in [2.45, 2.75) is 50.5 Å². The van der Waals surface area contributed by atoms with Gasteiger partial charge in [-0.25, -0.2) is 0 Å². The van der Waals surface area contributed by atoms with Crippen molar-refractivity contribution in [3.8, 4) is 0 Å². The van der Waals surface area contributed by atoms with Gasteiger partial charge in [-0.2, -0.15) is 0 Å². The fourth-order valence-electron chi connectivity index (χ4n) is 7.50. The molecule has 0 fully saturated rings. The molecule has 1 aliphatic rings. The summed E-state index contributed by atoms with van der Waals surface area (Å²) >= 11 is 0. The Hall–Kier alpha value is -4.43. The maximum absolute atomic E-state index is 13.2. The summed E-state index contributed by atoms with van der Waals surface area (Å²) in [5, 5.41) is 0. The molecule has 0 aromatic heterocycles. The smallest absolute Gasteiger partial charge is 0.224 e. The van der Waals surface area contributed by atoms with Gasteiger partial charge in [-0.1, -0.05) is 140 Å². The van der Waals surface area contributed by atoms with Gasteiger partial charge in [-0.05, 0) is 59.7 Å². The van der Waals surface area contributed by atoms with E-state index < -0.39 is 5.41 Å². The lowest BCUT2D eigenvalue weighted by atomic mass is 9.61. The van der Waals surface area contributed by atoms with Gasteiger partial charge in [-0.3, -0.25) is 4.79 Å². The third-order valence-corrected chi connectivity index (χ3v) is 9.00. The van der Waals surface area contributed by atoms with E-state index in [1.807, 2.05) is 4.90 Å². The molecular formula is C39H37NO. The summed E-state index contributed by atoms with van der Waals surface area (Å²) < 4.78 is 0. The van der Waals surface area contributed by atoms with Crippen LogP contribution >= 0.6 is 0 Å². The number of anilines is 1. The molecule has 1 aliphatic heterocycles. The number of carbonyl (C=O) groups is 1. The molecule has 0 aliphatic carbocycles. The highest BCUT2D eigenvalue weighted by molar-refractivity contribution is 5.95. The van der Waals surface area contributed by atoms with Crippen LogP contribution in [-0.2, 0) is 15.6 Å². The Balaban J connectivity index is 1.73. The first-order valence-electron chi connectivity index (χ1n) is 14.5. The second-order valence-electron chi connectivity index (χ2n) is 12.1. The van der Waals surface area contributed by atoms with Gasteiger partial charge in [0.15, 0.2) is 0 Å². The SMILES string of the molecule is CC(=O)N1c2ccc(C(c3ccccc3)(c3ccccc3)c3ccccc3)cc2[C@@](C)(c2ccccc2)CC1(C)C. The van der Waals surface area contributed by atoms with E-state index in [-0.39, 0.29) is 16.9 Å². The lowest BCUT2D eigenvalue weighted by Crippen LogP contribution is -2.55. The van der Waals surface area contributed by atoms with Crippen molar-refractivity contribution in [1.29, 1.82) is 0 Å². The highest BCUT2D eigenvalue weighted by atomic mass is 16.2. The van der Waals surface area contributed by atoms with Crippen molar-refractivity contribution in [3.05, 3.63) is 173 Å². The summed E-state index contributed by atoms with van der Waals surface area (Å²) in [7, 11) is 0. The number of hydrogen-bond acceptors (Lipinski definition) is 1. The van der Waals surface area contributed by atoms with Gasteiger partial charge in [0, 0.05) is 23.6 Å². The zero-order valence-corrected chi connectivity index (χ0v) is 24.3. The van der Waals surface area contributed by atoms with Crippen LogP contribution in [0.15, 0.2) is 140 Å². The van der Waals surface area contributed by atoms with Gasteiger partial charge < -0.3 is 4.90 Å². The van der Waals surface area contributed by atoms with E-state index >= 15 is 0 Å². The molecule has 1 atom stereocenters. The van der Waals surface area contributed by atoms with Gasteiger partial charge >= 0.3 is 0 Å². The van der Waals surface area contributed by atoms with Crippen molar-refractivity contribution < 1.29 is 4.79 Å². The van der Waals surface area contributed by atoms with Crippen LogP contribution < -0.4 is 4.90 Å². The van der Waals surface area contributed by atoms with Crippen molar-refractivity contribution >= 4 is 11.6 Å². The van der Waals surface area contributed by atoms with E-state index in [2.05, 4.69) is 160 Å². The molecule has 1 heterocycles. The molecule has 5 aromatic carbocycles. The lowest BCUT2D eigenvalue weighted by molar-refractivity contribution is -0.117. The standard InChI is InChI=1S/C39H37NO/c1-29(41)40-36-26-25-34(27-35(36)38(4,28-37(40,2)3)30-17-9-5-10-18-30)39(31-19-11-6-12-20-31,32-21-13-7-14-22-32)33-23-15-8-16-24-33/h5-27H,28H2,1-4H3/t38-/m1/s1. The van der Waals surface area contributed by atoms with Gasteiger partial charge in [-0.15, -0.1) is 0 Å². The largest absolute Gasteiger partial charge is 0.307 e. The second-order valence-corrected chi connectivity index (χ2v) is 12.1. The predicted octanol–water partition coefficient (Wildman–Crippen LogP) is 8.91. The number of rotatable bonds is 5. The van der Waals surface area contributed by atoms with Crippen LogP contribution in [0.1, 0.15) is 67.5 Å². The number of fused-ring (bicyclic) bond motifs is 1. The van der Waals surface area contributed by atoms with Crippen LogP contribution in [0.25, 0.3) is 0 Å². The molecule has 0 spiro atoms. The highest BCUT2D eigenvalue weighted by Crippen LogP contribution is 2.53. The first-order chi connectivity index (χ1) is 19.8. The highest BCUT2D eigenvalue weighted by Gasteiger charge is 2.48. The molecule has 0 saturated carbocycles. The summed E-state index contributed by atoms with van der Waals surface area (Å²) in [6.07, 6.45) is 0.815. The van der Waals surface area contributed by atoms with E-state index in [0.717, 1.165) is 12.1 Å². The Morgan fingerprint density at radius 3 is 1.49 bits per heavy atom. The number of carbonyl (C=O) groups excluding carboxylic acids is 1. The molecule has 0 N–H and O–H groups in total. The lowest BCUT2D eigenvalue weighted by Gasteiger charge is -2.51. The van der Waals surface area contributed by atoms with Gasteiger partial charge in [0.25, 0.3) is 0 Å². The predicted molar refractivity (Wildman–Crippen MR) is 170 cm³/mol. The number of nitrogens with zero attached hydrogens (tertiary/aromatic N) is 1. The Morgan fingerprint density at radius 2 is 1.05 bits per heavy atom. The molecule has 0 unspecified atom stereocenters. The third-order valence-electron chi connectivity index (χ3n) is 9.00. The van der Waals surface area contributed by atoms with E-state index in [0.29, 0.717) is 0 Å². The second kappa shape index (κ2) is 10.2. The average Bonchev–Trinajstić information content (AvgIpc) is 2.99. The average molecular weight is 536 g/mol. The van der Waals surface area contributed by atoms with Crippen LogP contribution in [0.2, 0.25) is 0 Å². The van der Waals surface area contributed by atoms with Gasteiger partial charge in [0.1, 0.15) is 0 Å². The number of benzene rings is 5. The maximum Gasteiger partial charge on any atom is 0.224 e. The summed E-state index contributed by atoms with van der Waals surface area (Å²) in [5.41, 5.74) is 7.05. The van der Waals surface area contributed by atoms with Crippen LogP contribution in [0.4, 0.5) is 5.69 Å². The Bertz CT molecular complexity index is 1560. The minimum absolute atomic E-state index is 0.0690. The van der Waals surface area contributed by atoms with Crippen molar-refractivity contribution in [1.82, 2.24) is 0 Å². The van der Waals surface area contributed by atoms with Gasteiger partial charge in [0.2, 0.25) is 5.91 Å². The summed E-state index contributed by atoms with van der Waals surface area (Å²) in [5.74, 6) is 0.0690. The van der Waals surface area contributed by atoms with E-state index in [1.165, 1.54) is 33.4 Å². The monoisotopic (exact) mass is 535 g/mol. The molecule has 0 saturated heterocycles. The van der Waals surface area contributed by atoms with Crippen LogP contribution in [0, 0.1) is 0 Å². The van der Waals surface area contributed by atoms with Gasteiger partial charge in [0.05, 0.1) is 5.41 Å². The third kappa shape index (κ3) is 4.30. The first kappa shape index (κ1) is 26.8. The normalized spacial score (nSPS) is 18.0. The molecule has 204 valence electrons. The van der Waals surface area contributed by atoms with E-state index in [1.54, 1.807) is 6.92 Å².